The lowest BCUT2D eigenvalue weighted by atomic mass is 10.0. The predicted octanol–water partition coefficient (Wildman–Crippen LogP) is 5.56. The standard InChI is InChI=1S/C20H16FN3OS/c1-11-3-8-16(25)15(9-11)24-19-18-17(13-4-6-14(21)7-5-13)12(2)26-20(18)23-10-22-19/h3-10,25H,1-2H3,(H,22,23,24). The third-order valence-corrected chi connectivity index (χ3v) is 5.22. The molecule has 0 aliphatic rings. The molecule has 0 spiro atoms. The van der Waals surface area contributed by atoms with Crippen LogP contribution in [0.1, 0.15) is 10.4 Å². The van der Waals surface area contributed by atoms with Gasteiger partial charge in [0.2, 0.25) is 0 Å². The zero-order valence-electron chi connectivity index (χ0n) is 14.2. The Labute approximate surface area is 154 Å². The summed E-state index contributed by atoms with van der Waals surface area (Å²) >= 11 is 1.56. The smallest absolute Gasteiger partial charge is 0.143 e. The van der Waals surface area contributed by atoms with Gasteiger partial charge in [0.25, 0.3) is 0 Å². The lowest BCUT2D eigenvalue weighted by Gasteiger charge is -2.11. The molecule has 26 heavy (non-hydrogen) atoms. The van der Waals surface area contributed by atoms with Crippen molar-refractivity contribution in [1.82, 2.24) is 9.97 Å². The molecule has 2 heterocycles. The molecule has 0 saturated carbocycles. The van der Waals surface area contributed by atoms with Crippen molar-refractivity contribution in [2.24, 2.45) is 0 Å². The van der Waals surface area contributed by atoms with Gasteiger partial charge >= 0.3 is 0 Å². The van der Waals surface area contributed by atoms with Gasteiger partial charge in [0.15, 0.2) is 0 Å². The monoisotopic (exact) mass is 365 g/mol. The van der Waals surface area contributed by atoms with E-state index in [4.69, 9.17) is 0 Å². The number of aromatic nitrogens is 2. The highest BCUT2D eigenvalue weighted by Gasteiger charge is 2.17. The molecule has 4 rings (SSSR count). The van der Waals surface area contributed by atoms with Gasteiger partial charge in [-0.15, -0.1) is 11.3 Å². The van der Waals surface area contributed by atoms with Gasteiger partial charge in [0.05, 0.1) is 11.1 Å². The number of nitrogens with zero attached hydrogens (tertiary/aromatic N) is 2. The summed E-state index contributed by atoms with van der Waals surface area (Å²) in [6, 6.07) is 11.8. The average molecular weight is 365 g/mol. The van der Waals surface area contributed by atoms with E-state index in [1.807, 2.05) is 26.0 Å². The summed E-state index contributed by atoms with van der Waals surface area (Å²) in [6.45, 7) is 3.97. The van der Waals surface area contributed by atoms with Gasteiger partial charge in [0.1, 0.15) is 28.5 Å². The first-order valence-corrected chi connectivity index (χ1v) is 8.91. The summed E-state index contributed by atoms with van der Waals surface area (Å²) in [5.41, 5.74) is 3.48. The average Bonchev–Trinajstić information content (AvgIpc) is 2.96. The minimum absolute atomic E-state index is 0.151. The third kappa shape index (κ3) is 2.88. The molecule has 0 aliphatic heterocycles. The van der Waals surface area contributed by atoms with E-state index in [0.29, 0.717) is 11.5 Å². The van der Waals surface area contributed by atoms with E-state index in [9.17, 15) is 9.50 Å². The number of halogens is 1. The van der Waals surface area contributed by atoms with Gasteiger partial charge in [-0.25, -0.2) is 14.4 Å². The molecule has 4 nitrogen and oxygen atoms in total. The second-order valence-corrected chi connectivity index (χ2v) is 7.29. The van der Waals surface area contributed by atoms with Gasteiger partial charge in [-0.1, -0.05) is 18.2 Å². The van der Waals surface area contributed by atoms with E-state index >= 15 is 0 Å². The van der Waals surface area contributed by atoms with E-state index < -0.39 is 0 Å². The molecule has 0 fully saturated rings. The SMILES string of the molecule is Cc1ccc(O)c(Nc2ncnc3sc(C)c(-c4ccc(F)cc4)c23)c1. The van der Waals surface area contributed by atoms with Gasteiger partial charge in [-0.05, 0) is 49.2 Å². The van der Waals surface area contributed by atoms with Gasteiger partial charge in [0, 0.05) is 10.4 Å². The summed E-state index contributed by atoms with van der Waals surface area (Å²) < 4.78 is 13.3. The zero-order chi connectivity index (χ0) is 18.3. The number of hydrogen-bond donors (Lipinski definition) is 2. The Morgan fingerprint density at radius 3 is 2.58 bits per heavy atom. The Hall–Kier alpha value is -2.99. The molecule has 0 unspecified atom stereocenters. The largest absolute Gasteiger partial charge is 0.506 e. The molecule has 2 aromatic carbocycles. The van der Waals surface area contributed by atoms with Crippen LogP contribution in [-0.4, -0.2) is 15.1 Å². The first-order chi connectivity index (χ1) is 12.5. The van der Waals surface area contributed by atoms with E-state index in [2.05, 4.69) is 15.3 Å². The number of aromatic hydroxyl groups is 1. The van der Waals surface area contributed by atoms with Crippen LogP contribution in [0.3, 0.4) is 0 Å². The minimum Gasteiger partial charge on any atom is -0.506 e. The van der Waals surface area contributed by atoms with E-state index in [-0.39, 0.29) is 11.6 Å². The number of benzene rings is 2. The van der Waals surface area contributed by atoms with Crippen LogP contribution in [0.25, 0.3) is 21.3 Å². The van der Waals surface area contributed by atoms with Gasteiger partial charge < -0.3 is 10.4 Å². The maximum atomic E-state index is 13.3. The van der Waals surface area contributed by atoms with Crippen molar-refractivity contribution >= 4 is 33.1 Å². The van der Waals surface area contributed by atoms with Crippen LogP contribution in [0.5, 0.6) is 5.75 Å². The molecule has 0 aliphatic carbocycles. The molecule has 130 valence electrons. The summed E-state index contributed by atoms with van der Waals surface area (Å²) in [4.78, 5) is 10.7. The van der Waals surface area contributed by atoms with Crippen LogP contribution in [0, 0.1) is 19.7 Å². The summed E-state index contributed by atoms with van der Waals surface area (Å²) in [5.74, 6) is 0.488. The molecule has 2 N–H and O–H groups in total. The highest BCUT2D eigenvalue weighted by atomic mass is 32.1. The molecule has 0 atom stereocenters. The van der Waals surface area contributed by atoms with Gasteiger partial charge in [-0.2, -0.15) is 0 Å². The van der Waals surface area contributed by atoms with Crippen LogP contribution in [0.2, 0.25) is 0 Å². The zero-order valence-corrected chi connectivity index (χ0v) is 15.1. The van der Waals surface area contributed by atoms with Gasteiger partial charge in [-0.3, -0.25) is 0 Å². The van der Waals surface area contributed by atoms with E-state index in [1.54, 1.807) is 29.5 Å². The van der Waals surface area contributed by atoms with Crippen molar-refractivity contribution in [1.29, 1.82) is 0 Å². The van der Waals surface area contributed by atoms with Crippen molar-refractivity contribution in [2.75, 3.05) is 5.32 Å². The summed E-state index contributed by atoms with van der Waals surface area (Å²) in [5, 5.41) is 14.2. The molecule has 0 saturated heterocycles. The number of rotatable bonds is 3. The molecule has 0 amide bonds. The van der Waals surface area contributed by atoms with Crippen molar-refractivity contribution < 1.29 is 9.50 Å². The second kappa shape index (κ2) is 6.38. The topological polar surface area (TPSA) is 58.0 Å². The fraction of sp³-hybridized carbons (Fsp3) is 0.100. The van der Waals surface area contributed by atoms with Crippen molar-refractivity contribution in [3.63, 3.8) is 0 Å². The van der Waals surface area contributed by atoms with Crippen molar-refractivity contribution in [3.8, 4) is 16.9 Å². The Bertz CT molecular complexity index is 1110. The molecular weight excluding hydrogens is 349 g/mol. The fourth-order valence-corrected chi connectivity index (χ4v) is 3.99. The minimum atomic E-state index is -0.273. The number of fused-ring (bicyclic) bond motifs is 1. The maximum Gasteiger partial charge on any atom is 0.143 e. The van der Waals surface area contributed by atoms with E-state index in [0.717, 1.165) is 31.8 Å². The highest BCUT2D eigenvalue weighted by Crippen LogP contribution is 2.41. The molecule has 2 aromatic heterocycles. The maximum absolute atomic E-state index is 13.3. The Morgan fingerprint density at radius 1 is 1.04 bits per heavy atom. The van der Waals surface area contributed by atoms with Crippen molar-refractivity contribution in [3.05, 3.63) is 65.0 Å². The molecule has 4 aromatic rings. The van der Waals surface area contributed by atoms with Crippen LogP contribution in [0.15, 0.2) is 48.8 Å². The quantitative estimate of drug-likeness (QED) is 0.467. The molecule has 6 heteroatoms. The first-order valence-electron chi connectivity index (χ1n) is 8.09. The number of thiophene rings is 1. The summed E-state index contributed by atoms with van der Waals surface area (Å²) in [6.07, 6.45) is 1.50. The van der Waals surface area contributed by atoms with Crippen LogP contribution in [0.4, 0.5) is 15.9 Å². The third-order valence-electron chi connectivity index (χ3n) is 4.20. The number of phenols is 1. The fourth-order valence-electron chi connectivity index (χ4n) is 2.98. The Kier molecular flexibility index (Phi) is 4.05. The number of aryl methyl sites for hydroxylation is 2. The Morgan fingerprint density at radius 2 is 1.81 bits per heavy atom. The number of hydrogen-bond acceptors (Lipinski definition) is 5. The number of anilines is 2. The normalized spacial score (nSPS) is 11.0. The van der Waals surface area contributed by atoms with E-state index in [1.165, 1.54) is 18.5 Å². The van der Waals surface area contributed by atoms with Crippen LogP contribution >= 0.6 is 11.3 Å². The number of nitrogens with one attached hydrogen (secondary N) is 1. The lowest BCUT2D eigenvalue weighted by Crippen LogP contribution is -1.96. The Balaban J connectivity index is 1.90. The lowest BCUT2D eigenvalue weighted by molar-refractivity contribution is 0.477. The summed E-state index contributed by atoms with van der Waals surface area (Å²) in [7, 11) is 0. The van der Waals surface area contributed by atoms with Crippen LogP contribution < -0.4 is 5.32 Å². The highest BCUT2D eigenvalue weighted by molar-refractivity contribution is 7.19. The first kappa shape index (κ1) is 16.5. The molecular formula is C20H16FN3OS. The molecule has 0 bridgehead atoms. The number of phenolic OH excluding ortho intramolecular Hbond substituents is 1. The second-order valence-electron chi connectivity index (χ2n) is 6.09. The van der Waals surface area contributed by atoms with Crippen LogP contribution in [-0.2, 0) is 0 Å². The van der Waals surface area contributed by atoms with Crippen molar-refractivity contribution in [2.45, 2.75) is 13.8 Å². The predicted molar refractivity (Wildman–Crippen MR) is 104 cm³/mol. The molecule has 0 radical (unpaired) electrons.